The monoisotopic (exact) mass is 289 g/mol. The van der Waals surface area contributed by atoms with Crippen molar-refractivity contribution in [2.24, 2.45) is 0 Å². The molecular formula is C10H11NO7S. The van der Waals surface area contributed by atoms with Crippen molar-refractivity contribution in [2.75, 3.05) is 6.26 Å². The summed E-state index contributed by atoms with van der Waals surface area (Å²) < 4.78 is 25.2. The number of nitro groups is 1. The van der Waals surface area contributed by atoms with E-state index in [9.17, 15) is 23.3 Å². The maximum Gasteiger partial charge on any atom is 0.351 e. The predicted molar refractivity (Wildman–Crippen MR) is 63.5 cm³/mol. The number of non-ortho nitro benzene ring substituents is 1. The maximum absolute atomic E-state index is 11.5. The first kappa shape index (κ1) is 15.1. The lowest BCUT2D eigenvalue weighted by atomic mass is 10.0. The van der Waals surface area contributed by atoms with E-state index >= 15 is 0 Å². The van der Waals surface area contributed by atoms with Crippen LogP contribution in [0.1, 0.15) is 18.4 Å². The van der Waals surface area contributed by atoms with Crippen LogP contribution in [-0.4, -0.2) is 25.6 Å². The minimum absolute atomic E-state index is 0.179. The van der Waals surface area contributed by atoms with Crippen molar-refractivity contribution < 1.29 is 27.4 Å². The van der Waals surface area contributed by atoms with Gasteiger partial charge in [-0.1, -0.05) is 16.5 Å². The molecule has 104 valence electrons. The Morgan fingerprint density at radius 2 is 2.05 bits per heavy atom. The smallest absolute Gasteiger partial charge is 0.281 e. The van der Waals surface area contributed by atoms with Crippen LogP contribution >= 0.6 is 0 Å². The largest absolute Gasteiger partial charge is 0.351 e. The molecule has 0 N–H and O–H groups in total. The molecule has 1 aromatic rings. The lowest BCUT2D eigenvalue weighted by Gasteiger charge is -2.09. The van der Waals surface area contributed by atoms with Crippen LogP contribution < -0.4 is 0 Å². The van der Waals surface area contributed by atoms with Crippen LogP contribution in [0.25, 0.3) is 0 Å². The van der Waals surface area contributed by atoms with E-state index in [1.165, 1.54) is 31.2 Å². The van der Waals surface area contributed by atoms with E-state index in [0.29, 0.717) is 5.56 Å². The highest BCUT2D eigenvalue weighted by Gasteiger charge is 2.21. The Bertz CT molecular complexity index is 596. The molecule has 0 aromatic heterocycles. The van der Waals surface area contributed by atoms with E-state index in [1.807, 2.05) is 0 Å². The molecule has 0 aliphatic rings. The molecule has 0 heterocycles. The molecule has 19 heavy (non-hydrogen) atoms. The second kappa shape index (κ2) is 5.76. The summed E-state index contributed by atoms with van der Waals surface area (Å²) in [6.07, 6.45) is 0.721. The van der Waals surface area contributed by atoms with E-state index < -0.39 is 26.9 Å². The second-order valence-corrected chi connectivity index (χ2v) is 5.29. The number of hydrogen-bond donors (Lipinski definition) is 0. The third-order valence-corrected chi connectivity index (χ3v) is 2.49. The van der Waals surface area contributed by atoms with Crippen LogP contribution in [0.3, 0.4) is 0 Å². The van der Waals surface area contributed by atoms with Gasteiger partial charge in [0, 0.05) is 12.1 Å². The van der Waals surface area contributed by atoms with Gasteiger partial charge >= 0.3 is 5.97 Å². The Labute approximate surface area is 109 Å². The first-order valence-electron chi connectivity index (χ1n) is 5.05. The quantitative estimate of drug-likeness (QED) is 0.453. The van der Waals surface area contributed by atoms with Crippen LogP contribution in [-0.2, 0) is 24.1 Å². The summed E-state index contributed by atoms with van der Waals surface area (Å²) >= 11 is 0. The number of nitrogens with zero attached hydrogens (tertiary/aromatic N) is 1. The summed E-state index contributed by atoms with van der Waals surface area (Å²) in [7, 11) is -3.91. The minimum Gasteiger partial charge on any atom is -0.281 e. The average molecular weight is 289 g/mol. The molecule has 8 nitrogen and oxygen atoms in total. The van der Waals surface area contributed by atoms with Gasteiger partial charge < -0.3 is 0 Å². The topological polar surface area (TPSA) is 113 Å². The van der Waals surface area contributed by atoms with Gasteiger partial charge in [-0.3, -0.25) is 15.0 Å². The van der Waals surface area contributed by atoms with Crippen molar-refractivity contribution in [1.82, 2.24) is 0 Å². The third-order valence-electron chi connectivity index (χ3n) is 2.17. The van der Waals surface area contributed by atoms with Gasteiger partial charge in [-0.2, -0.15) is 8.42 Å². The molecule has 9 heteroatoms. The molecule has 0 spiro atoms. The fourth-order valence-electron chi connectivity index (χ4n) is 1.21. The normalized spacial score (nSPS) is 12.7. The molecule has 1 unspecified atom stereocenters. The summed E-state index contributed by atoms with van der Waals surface area (Å²) in [6, 6.07) is 5.37. The molecule has 0 saturated carbocycles. The highest BCUT2D eigenvalue weighted by molar-refractivity contribution is 7.85. The van der Waals surface area contributed by atoms with Gasteiger partial charge in [0.1, 0.15) is 0 Å². The van der Waals surface area contributed by atoms with E-state index in [4.69, 9.17) is 0 Å². The number of nitro benzene ring substituents is 1. The summed E-state index contributed by atoms with van der Waals surface area (Å²) in [5, 5.41) is 10.6. The molecule has 0 radical (unpaired) electrons. The molecular weight excluding hydrogens is 278 g/mol. The number of carbonyl (C=O) groups is 1. The van der Waals surface area contributed by atoms with Crippen molar-refractivity contribution in [2.45, 2.75) is 12.8 Å². The maximum atomic E-state index is 11.5. The van der Waals surface area contributed by atoms with E-state index in [0.717, 1.165) is 6.26 Å². The standard InChI is InChI=1S/C10H11NO7S/c1-7(10(12)17-18-19(2,15)16)8-4-3-5-9(6-8)11(13)14/h3-7H,1-2H3. The first-order valence-corrected chi connectivity index (χ1v) is 6.86. The Hall–Kier alpha value is -2.00. The molecule has 1 atom stereocenters. The number of rotatable bonds is 5. The highest BCUT2D eigenvalue weighted by atomic mass is 32.2. The van der Waals surface area contributed by atoms with Gasteiger partial charge in [-0.25, -0.2) is 4.79 Å². The van der Waals surface area contributed by atoms with E-state index in [1.54, 1.807) is 0 Å². The molecule has 1 rings (SSSR count). The average Bonchev–Trinajstić information content (AvgIpc) is 2.34. The first-order chi connectivity index (χ1) is 8.70. The third kappa shape index (κ3) is 4.64. The second-order valence-electron chi connectivity index (χ2n) is 3.75. The Kier molecular flexibility index (Phi) is 4.57. The van der Waals surface area contributed by atoms with Crippen LogP contribution in [0, 0.1) is 10.1 Å². The van der Waals surface area contributed by atoms with Crippen LogP contribution in [0.2, 0.25) is 0 Å². The molecule has 0 aliphatic carbocycles. The number of benzene rings is 1. The Morgan fingerprint density at radius 1 is 1.42 bits per heavy atom. The summed E-state index contributed by atoms with van der Waals surface area (Å²) in [5.74, 6) is -1.87. The molecule has 0 saturated heterocycles. The SMILES string of the molecule is CC(C(=O)OOS(C)(=O)=O)c1cccc([N+](=O)[O-])c1. The van der Waals surface area contributed by atoms with Crippen LogP contribution in [0.15, 0.2) is 24.3 Å². The van der Waals surface area contributed by atoms with Gasteiger partial charge in [-0.05, 0) is 12.5 Å². The zero-order chi connectivity index (χ0) is 14.6. The van der Waals surface area contributed by atoms with Gasteiger partial charge in [0.15, 0.2) is 0 Å². The molecule has 0 fully saturated rings. The van der Waals surface area contributed by atoms with Gasteiger partial charge in [-0.15, -0.1) is 0 Å². The fraction of sp³-hybridized carbons (Fsp3) is 0.300. The Morgan fingerprint density at radius 3 is 2.58 bits per heavy atom. The summed E-state index contributed by atoms with van der Waals surface area (Å²) in [6.45, 7) is 1.41. The zero-order valence-corrected chi connectivity index (χ0v) is 10.9. The van der Waals surface area contributed by atoms with Crippen LogP contribution in [0.5, 0.6) is 0 Å². The van der Waals surface area contributed by atoms with E-state index in [-0.39, 0.29) is 5.69 Å². The minimum atomic E-state index is -3.91. The molecule has 0 aliphatic heterocycles. The van der Waals surface area contributed by atoms with Crippen molar-refractivity contribution in [3.05, 3.63) is 39.9 Å². The Balaban J connectivity index is 2.82. The zero-order valence-electron chi connectivity index (χ0n) is 10.1. The fourth-order valence-corrected chi connectivity index (χ4v) is 1.40. The van der Waals surface area contributed by atoms with Gasteiger partial charge in [0.25, 0.3) is 15.8 Å². The van der Waals surface area contributed by atoms with Crippen molar-refractivity contribution in [3.63, 3.8) is 0 Å². The van der Waals surface area contributed by atoms with Crippen molar-refractivity contribution in [1.29, 1.82) is 0 Å². The van der Waals surface area contributed by atoms with Gasteiger partial charge in [0.2, 0.25) is 0 Å². The number of carbonyl (C=O) groups excluding carboxylic acids is 1. The molecule has 0 amide bonds. The van der Waals surface area contributed by atoms with Crippen LogP contribution in [0.4, 0.5) is 5.69 Å². The molecule has 1 aromatic carbocycles. The lowest BCUT2D eigenvalue weighted by molar-refractivity contribution is -0.384. The van der Waals surface area contributed by atoms with E-state index in [2.05, 4.69) is 9.22 Å². The predicted octanol–water partition coefficient (Wildman–Crippen LogP) is 1.13. The number of hydrogen-bond acceptors (Lipinski definition) is 7. The lowest BCUT2D eigenvalue weighted by Crippen LogP contribution is -2.16. The highest BCUT2D eigenvalue weighted by Crippen LogP contribution is 2.21. The van der Waals surface area contributed by atoms with Crippen molar-refractivity contribution >= 4 is 21.8 Å². The summed E-state index contributed by atoms with van der Waals surface area (Å²) in [4.78, 5) is 25.6. The van der Waals surface area contributed by atoms with Crippen molar-refractivity contribution in [3.8, 4) is 0 Å². The summed E-state index contributed by atoms with van der Waals surface area (Å²) in [5.41, 5.74) is 0.137. The molecule has 0 bridgehead atoms. The van der Waals surface area contributed by atoms with Gasteiger partial charge in [0.05, 0.1) is 17.1 Å².